The molecular formula is C55H92NO7+. The van der Waals surface area contributed by atoms with Gasteiger partial charge in [0.1, 0.15) is 6.61 Å². The van der Waals surface area contributed by atoms with Gasteiger partial charge in [0.05, 0.1) is 34.4 Å². The molecular weight excluding hydrogens is 787 g/mol. The smallest absolute Gasteiger partial charge is 0.362 e. The van der Waals surface area contributed by atoms with E-state index in [1.54, 1.807) is 0 Å². The average molecular weight is 879 g/mol. The molecule has 0 aromatic carbocycles. The van der Waals surface area contributed by atoms with Crippen molar-refractivity contribution in [1.29, 1.82) is 0 Å². The van der Waals surface area contributed by atoms with Crippen LogP contribution in [0.1, 0.15) is 181 Å². The second-order valence-electron chi connectivity index (χ2n) is 17.5. The number of unbranched alkanes of at least 4 members (excludes halogenated alkanes) is 17. The Morgan fingerprint density at radius 3 is 1.46 bits per heavy atom. The predicted octanol–water partition coefficient (Wildman–Crippen LogP) is 14.2. The summed E-state index contributed by atoms with van der Waals surface area (Å²) in [5.74, 6) is -1.51. The van der Waals surface area contributed by atoms with Crippen LogP contribution in [0.2, 0.25) is 0 Å². The molecule has 0 aliphatic carbocycles. The average Bonchev–Trinajstić information content (AvgIpc) is 3.24. The number of likely N-dealkylation sites (N-methyl/N-ethyl adjacent to an activating group) is 1. The highest BCUT2D eigenvalue weighted by Gasteiger charge is 2.31. The van der Waals surface area contributed by atoms with E-state index in [0.29, 0.717) is 19.3 Å². The molecule has 2 atom stereocenters. The van der Waals surface area contributed by atoms with Crippen molar-refractivity contribution in [1.82, 2.24) is 0 Å². The van der Waals surface area contributed by atoms with Crippen molar-refractivity contribution in [3.8, 4) is 0 Å². The minimum absolute atomic E-state index is 0.0441. The molecule has 0 saturated carbocycles. The largest absolute Gasteiger partial charge is 0.477 e. The Balaban J connectivity index is 4.32. The number of quaternary nitrogens is 1. The maximum Gasteiger partial charge on any atom is 0.362 e. The van der Waals surface area contributed by atoms with E-state index in [-0.39, 0.29) is 36.2 Å². The Labute approximate surface area is 386 Å². The van der Waals surface area contributed by atoms with E-state index < -0.39 is 18.1 Å². The first-order valence-corrected chi connectivity index (χ1v) is 24.8. The van der Waals surface area contributed by atoms with Gasteiger partial charge in [0.2, 0.25) is 0 Å². The molecule has 358 valence electrons. The molecule has 0 radical (unpaired) electrons. The van der Waals surface area contributed by atoms with E-state index in [1.807, 2.05) is 57.6 Å². The Bertz CT molecular complexity index is 1350. The first-order valence-electron chi connectivity index (χ1n) is 24.8. The highest BCUT2D eigenvalue weighted by atomic mass is 16.6. The van der Waals surface area contributed by atoms with Gasteiger partial charge in [0.25, 0.3) is 0 Å². The Hall–Kier alpha value is -3.75. The quantitative estimate of drug-likeness (QED) is 0.0214. The van der Waals surface area contributed by atoms with Crippen LogP contribution in [0.4, 0.5) is 0 Å². The lowest BCUT2D eigenvalue weighted by Crippen LogP contribution is -2.50. The standard InChI is InChI=1S/C55H91NO7/c1-6-8-10-12-14-16-18-20-22-24-26-27-28-30-31-33-35-37-39-41-43-45-53(57)62-50-51(49-61-48-47-52(55(59)60)56(3,4)5)63-54(58)46-44-42-40-38-36-34-32-29-25-23-21-19-17-15-13-11-9-7-2/h8,10-11,13-17,19-23,25,29,32,51-52H,6-7,9,12,18,24,26-28,30-31,33-50H2,1-5H3/p+1/b10-8+,13-11+,16-14+,17-15+,21-19+,22-20+,25-23+,32-29+. The molecule has 2 unspecified atom stereocenters. The van der Waals surface area contributed by atoms with Crippen LogP contribution in [0.3, 0.4) is 0 Å². The lowest BCUT2D eigenvalue weighted by atomic mass is 10.0. The summed E-state index contributed by atoms with van der Waals surface area (Å²) in [6, 6.07) is -0.626. The molecule has 0 aliphatic rings. The van der Waals surface area contributed by atoms with Crippen molar-refractivity contribution < 1.29 is 38.2 Å². The van der Waals surface area contributed by atoms with Gasteiger partial charge >= 0.3 is 17.9 Å². The number of ether oxygens (including phenoxy) is 3. The van der Waals surface area contributed by atoms with Crippen LogP contribution < -0.4 is 0 Å². The number of carboxylic acid groups (broad SMARTS) is 1. The topological polar surface area (TPSA) is 99.1 Å². The molecule has 0 saturated heterocycles. The summed E-state index contributed by atoms with van der Waals surface area (Å²) in [7, 11) is 5.51. The summed E-state index contributed by atoms with van der Waals surface area (Å²) < 4.78 is 17.3. The Morgan fingerprint density at radius 1 is 0.508 bits per heavy atom. The van der Waals surface area contributed by atoms with E-state index in [4.69, 9.17) is 14.2 Å². The zero-order chi connectivity index (χ0) is 46.3. The molecule has 8 nitrogen and oxygen atoms in total. The van der Waals surface area contributed by atoms with Gasteiger partial charge in [-0.25, -0.2) is 4.79 Å². The summed E-state index contributed by atoms with van der Waals surface area (Å²) in [5.41, 5.74) is 0. The van der Waals surface area contributed by atoms with Gasteiger partial charge in [-0.2, -0.15) is 0 Å². The molecule has 8 heteroatoms. The van der Waals surface area contributed by atoms with Crippen LogP contribution >= 0.6 is 0 Å². The van der Waals surface area contributed by atoms with Crippen molar-refractivity contribution in [3.63, 3.8) is 0 Å². The first kappa shape index (κ1) is 59.2. The minimum atomic E-state index is -0.883. The molecule has 0 aromatic rings. The van der Waals surface area contributed by atoms with Crippen LogP contribution in [-0.2, 0) is 28.6 Å². The summed E-state index contributed by atoms with van der Waals surface area (Å²) in [6.45, 7) is 4.50. The number of esters is 2. The van der Waals surface area contributed by atoms with Gasteiger partial charge in [0, 0.05) is 19.3 Å². The third-order valence-electron chi connectivity index (χ3n) is 10.6. The second kappa shape index (κ2) is 44.8. The molecule has 0 aliphatic heterocycles. The normalized spacial score (nSPS) is 13.7. The highest BCUT2D eigenvalue weighted by molar-refractivity contribution is 5.72. The molecule has 0 aromatic heterocycles. The fraction of sp³-hybridized carbons (Fsp3) is 0.655. The van der Waals surface area contributed by atoms with Crippen molar-refractivity contribution in [2.24, 2.45) is 0 Å². The van der Waals surface area contributed by atoms with Crippen LogP contribution in [0.15, 0.2) is 97.2 Å². The number of allylic oxidation sites excluding steroid dienone is 16. The molecule has 1 N–H and O–H groups in total. The molecule has 0 amide bonds. The first-order chi connectivity index (χ1) is 30.6. The lowest BCUT2D eigenvalue weighted by Gasteiger charge is -2.31. The van der Waals surface area contributed by atoms with E-state index in [2.05, 4.69) is 74.6 Å². The van der Waals surface area contributed by atoms with Crippen molar-refractivity contribution in [2.75, 3.05) is 41.0 Å². The van der Waals surface area contributed by atoms with E-state index in [1.165, 1.54) is 64.2 Å². The van der Waals surface area contributed by atoms with Crippen molar-refractivity contribution >= 4 is 17.9 Å². The number of hydrogen-bond donors (Lipinski definition) is 1. The highest BCUT2D eigenvalue weighted by Crippen LogP contribution is 2.15. The van der Waals surface area contributed by atoms with Crippen LogP contribution in [0, 0.1) is 0 Å². The van der Waals surface area contributed by atoms with Crippen molar-refractivity contribution in [2.45, 2.75) is 193 Å². The van der Waals surface area contributed by atoms with Crippen LogP contribution in [0.25, 0.3) is 0 Å². The molecule has 0 spiro atoms. The summed E-state index contributed by atoms with van der Waals surface area (Å²) in [5, 5.41) is 9.65. The number of aliphatic carboxylic acids is 1. The molecule has 0 rings (SSSR count). The summed E-state index contributed by atoms with van der Waals surface area (Å²) >= 11 is 0. The maximum absolute atomic E-state index is 12.8. The lowest BCUT2D eigenvalue weighted by molar-refractivity contribution is -0.887. The number of nitrogens with zero attached hydrogens (tertiary/aromatic N) is 1. The zero-order valence-electron chi connectivity index (χ0n) is 40.7. The summed E-state index contributed by atoms with van der Waals surface area (Å²) in [4.78, 5) is 37.1. The predicted molar refractivity (Wildman–Crippen MR) is 266 cm³/mol. The van der Waals surface area contributed by atoms with Crippen molar-refractivity contribution in [3.05, 3.63) is 97.2 Å². The van der Waals surface area contributed by atoms with E-state index in [9.17, 15) is 19.5 Å². The van der Waals surface area contributed by atoms with Gasteiger partial charge in [-0.05, 0) is 64.2 Å². The fourth-order valence-corrected chi connectivity index (χ4v) is 6.78. The van der Waals surface area contributed by atoms with Gasteiger partial charge in [-0.15, -0.1) is 0 Å². The van der Waals surface area contributed by atoms with Gasteiger partial charge < -0.3 is 23.8 Å². The molecule has 0 heterocycles. The van der Waals surface area contributed by atoms with Gasteiger partial charge in [0.15, 0.2) is 12.1 Å². The third-order valence-corrected chi connectivity index (χ3v) is 10.6. The number of carbonyl (C=O) groups is 3. The molecule has 0 fully saturated rings. The monoisotopic (exact) mass is 879 g/mol. The zero-order valence-corrected chi connectivity index (χ0v) is 40.7. The Kier molecular flexibility index (Phi) is 42.2. The number of carbonyl (C=O) groups excluding carboxylic acids is 2. The maximum atomic E-state index is 12.8. The number of carboxylic acids is 1. The van der Waals surface area contributed by atoms with E-state index >= 15 is 0 Å². The van der Waals surface area contributed by atoms with E-state index in [0.717, 1.165) is 83.5 Å². The second-order valence-corrected chi connectivity index (χ2v) is 17.5. The number of hydrogen-bond acceptors (Lipinski definition) is 6. The molecule has 0 bridgehead atoms. The van der Waals surface area contributed by atoms with Gasteiger partial charge in [-0.3, -0.25) is 9.59 Å². The third kappa shape index (κ3) is 43.3. The van der Waals surface area contributed by atoms with Crippen LogP contribution in [0.5, 0.6) is 0 Å². The minimum Gasteiger partial charge on any atom is -0.477 e. The fourth-order valence-electron chi connectivity index (χ4n) is 6.78. The summed E-state index contributed by atoms with van der Waals surface area (Å²) in [6.07, 6.45) is 60.2. The van der Waals surface area contributed by atoms with Crippen LogP contribution in [-0.4, -0.2) is 80.6 Å². The SMILES string of the molecule is CC/C=C/C/C=C/C/C=C/CCCCCCCCCCCCCC(=O)OCC(COCCC(C(=O)O)[N+](C)(C)C)OC(=O)CCCCCCC/C=C/C=C/C=C/C=C/C=C/CCC. The van der Waals surface area contributed by atoms with Gasteiger partial charge in [-0.1, -0.05) is 195 Å². The number of rotatable bonds is 43. The Morgan fingerprint density at radius 2 is 0.952 bits per heavy atom. The molecule has 63 heavy (non-hydrogen) atoms.